The molecule has 0 aliphatic heterocycles. The van der Waals surface area contributed by atoms with Crippen molar-refractivity contribution in [3.05, 3.63) is 35.4 Å². The first-order valence-corrected chi connectivity index (χ1v) is 10.00. The highest BCUT2D eigenvalue weighted by Gasteiger charge is 2.22. The van der Waals surface area contributed by atoms with Crippen LogP contribution in [0.5, 0.6) is 23.0 Å². The predicted octanol–water partition coefficient (Wildman–Crippen LogP) is 5.29. The minimum atomic E-state index is -0.264. The van der Waals surface area contributed by atoms with Gasteiger partial charge in [0.2, 0.25) is 5.75 Å². The number of aryl methyl sites for hydroxylation is 2. The van der Waals surface area contributed by atoms with Crippen LogP contribution in [0.25, 0.3) is 11.1 Å². The standard InChI is InChI=1S/C21H27IO5/c1-4-15(23)8-6-5-7-14-12-17(16-11-13(2)9-10-18(16)24)19(25)21(26-3)20(14)27-22/h9-12,15,23-25H,4-8H2,1-3H3. The van der Waals surface area contributed by atoms with E-state index in [1.165, 1.54) is 7.11 Å². The largest absolute Gasteiger partial charge is 0.507 e. The van der Waals surface area contributed by atoms with Crippen LogP contribution in [0.15, 0.2) is 24.3 Å². The smallest absolute Gasteiger partial charge is 0.205 e. The average Bonchev–Trinajstić information content (AvgIpc) is 2.67. The van der Waals surface area contributed by atoms with E-state index < -0.39 is 0 Å². The molecule has 27 heavy (non-hydrogen) atoms. The van der Waals surface area contributed by atoms with Crippen LogP contribution >= 0.6 is 23.0 Å². The summed E-state index contributed by atoms with van der Waals surface area (Å²) in [5, 5.41) is 30.7. The van der Waals surface area contributed by atoms with Crippen LogP contribution in [0.1, 0.15) is 43.7 Å². The van der Waals surface area contributed by atoms with Gasteiger partial charge in [-0.05, 0) is 50.8 Å². The molecule has 2 rings (SSSR count). The lowest BCUT2D eigenvalue weighted by Crippen LogP contribution is -2.04. The van der Waals surface area contributed by atoms with Gasteiger partial charge in [-0.2, -0.15) is 0 Å². The number of unbranched alkanes of at least 4 members (excludes halogenated alkanes) is 1. The summed E-state index contributed by atoms with van der Waals surface area (Å²) in [6.45, 7) is 3.90. The second kappa shape index (κ2) is 10.0. The lowest BCUT2D eigenvalue weighted by Gasteiger charge is -2.17. The lowest BCUT2D eigenvalue weighted by molar-refractivity contribution is 0.157. The zero-order valence-corrected chi connectivity index (χ0v) is 18.1. The maximum absolute atomic E-state index is 10.7. The summed E-state index contributed by atoms with van der Waals surface area (Å²) >= 11 is 1.78. The molecule has 2 aromatic rings. The zero-order chi connectivity index (χ0) is 20.0. The molecule has 0 spiro atoms. The highest BCUT2D eigenvalue weighted by Crippen LogP contribution is 2.48. The number of phenolic OH excluding ortho intramolecular Hbond substituents is 2. The van der Waals surface area contributed by atoms with E-state index >= 15 is 0 Å². The molecule has 6 heteroatoms. The molecule has 0 bridgehead atoms. The number of aromatic hydroxyl groups is 2. The van der Waals surface area contributed by atoms with Crippen molar-refractivity contribution in [2.75, 3.05) is 7.11 Å². The van der Waals surface area contributed by atoms with Crippen LogP contribution in [0.2, 0.25) is 0 Å². The molecule has 1 atom stereocenters. The van der Waals surface area contributed by atoms with E-state index in [0.29, 0.717) is 23.3 Å². The fourth-order valence-corrected chi connectivity index (χ4v) is 3.60. The summed E-state index contributed by atoms with van der Waals surface area (Å²) in [5.41, 5.74) is 2.92. The van der Waals surface area contributed by atoms with Crippen LogP contribution in [0.3, 0.4) is 0 Å². The van der Waals surface area contributed by atoms with Gasteiger partial charge in [-0.25, -0.2) is 0 Å². The number of aliphatic hydroxyl groups excluding tert-OH is 1. The van der Waals surface area contributed by atoms with Crippen molar-refractivity contribution in [2.45, 2.75) is 52.1 Å². The van der Waals surface area contributed by atoms with Crippen LogP contribution < -0.4 is 7.80 Å². The molecule has 5 nitrogen and oxygen atoms in total. The van der Waals surface area contributed by atoms with E-state index in [-0.39, 0.29) is 23.4 Å². The number of ether oxygens (including phenoxy) is 1. The van der Waals surface area contributed by atoms with Crippen molar-refractivity contribution >= 4 is 23.0 Å². The Morgan fingerprint density at radius 1 is 1.07 bits per heavy atom. The van der Waals surface area contributed by atoms with Crippen LogP contribution in [0, 0.1) is 6.92 Å². The molecule has 0 aliphatic rings. The molecule has 0 saturated heterocycles. The SMILES string of the molecule is CCC(O)CCCCc1cc(-c2cc(C)ccc2O)c(O)c(OC)c1OI. The molecule has 2 aromatic carbocycles. The Balaban J connectivity index is 2.42. The normalized spacial score (nSPS) is 12.0. The van der Waals surface area contributed by atoms with Crippen LogP contribution in [-0.4, -0.2) is 28.5 Å². The number of aliphatic hydroxyl groups is 1. The molecule has 0 fully saturated rings. The summed E-state index contributed by atoms with van der Waals surface area (Å²) < 4.78 is 10.9. The Labute approximate surface area is 174 Å². The van der Waals surface area contributed by atoms with Crippen molar-refractivity contribution in [1.82, 2.24) is 0 Å². The summed E-state index contributed by atoms with van der Waals surface area (Å²) in [6, 6.07) is 7.10. The number of hydrogen-bond donors (Lipinski definition) is 3. The average molecular weight is 486 g/mol. The monoisotopic (exact) mass is 486 g/mol. The van der Waals surface area contributed by atoms with Gasteiger partial charge in [0.05, 0.1) is 13.2 Å². The summed E-state index contributed by atoms with van der Waals surface area (Å²) in [5.74, 6) is 0.780. The quantitative estimate of drug-likeness (QED) is 0.332. The van der Waals surface area contributed by atoms with E-state index in [2.05, 4.69) is 0 Å². The van der Waals surface area contributed by atoms with Gasteiger partial charge in [0.25, 0.3) is 0 Å². The Morgan fingerprint density at radius 2 is 1.81 bits per heavy atom. The van der Waals surface area contributed by atoms with E-state index in [4.69, 9.17) is 7.80 Å². The molecule has 148 valence electrons. The topological polar surface area (TPSA) is 79.2 Å². The summed E-state index contributed by atoms with van der Waals surface area (Å²) in [6.07, 6.45) is 3.73. The zero-order valence-electron chi connectivity index (χ0n) is 16.0. The van der Waals surface area contributed by atoms with Crippen molar-refractivity contribution in [1.29, 1.82) is 0 Å². The molecule has 0 aliphatic carbocycles. The maximum atomic E-state index is 10.7. The van der Waals surface area contributed by atoms with Crippen molar-refractivity contribution in [3.63, 3.8) is 0 Å². The van der Waals surface area contributed by atoms with E-state index in [1.54, 1.807) is 29.1 Å². The van der Waals surface area contributed by atoms with Crippen molar-refractivity contribution < 1.29 is 23.1 Å². The van der Waals surface area contributed by atoms with E-state index in [1.807, 2.05) is 32.0 Å². The summed E-state index contributed by atoms with van der Waals surface area (Å²) in [4.78, 5) is 0. The van der Waals surface area contributed by atoms with Crippen LogP contribution in [-0.2, 0) is 6.42 Å². The Bertz CT molecular complexity index is 776. The third kappa shape index (κ3) is 5.19. The lowest BCUT2D eigenvalue weighted by atomic mass is 9.95. The number of rotatable bonds is 9. The first-order valence-electron chi connectivity index (χ1n) is 9.12. The van der Waals surface area contributed by atoms with Gasteiger partial charge >= 0.3 is 0 Å². The minimum absolute atomic E-state index is 0.0600. The van der Waals surface area contributed by atoms with Gasteiger partial charge < -0.3 is 23.1 Å². The molecular weight excluding hydrogens is 459 g/mol. The molecule has 0 amide bonds. The highest BCUT2D eigenvalue weighted by molar-refractivity contribution is 14.1. The molecule has 3 N–H and O–H groups in total. The van der Waals surface area contributed by atoms with Crippen LogP contribution in [0.4, 0.5) is 0 Å². The van der Waals surface area contributed by atoms with Gasteiger partial charge in [0.15, 0.2) is 34.5 Å². The number of methoxy groups -OCH3 is 1. The van der Waals surface area contributed by atoms with Gasteiger partial charge in [-0.1, -0.05) is 25.0 Å². The van der Waals surface area contributed by atoms with Crippen molar-refractivity contribution in [2.24, 2.45) is 0 Å². The third-order valence-corrected chi connectivity index (χ3v) is 5.16. The number of hydrogen-bond acceptors (Lipinski definition) is 5. The fraction of sp³-hybridized carbons (Fsp3) is 0.429. The first-order chi connectivity index (χ1) is 12.9. The molecule has 0 radical (unpaired) electrons. The first kappa shape index (κ1) is 21.6. The fourth-order valence-electron chi connectivity index (χ4n) is 3.11. The molecule has 0 aromatic heterocycles. The summed E-state index contributed by atoms with van der Waals surface area (Å²) in [7, 11) is 1.48. The van der Waals surface area contributed by atoms with Gasteiger partial charge in [-0.15, -0.1) is 0 Å². The maximum Gasteiger partial charge on any atom is 0.205 e. The number of halogens is 1. The number of phenols is 2. The van der Waals surface area contributed by atoms with Crippen molar-refractivity contribution in [3.8, 4) is 34.1 Å². The Hall–Kier alpha value is -1.67. The number of benzene rings is 2. The minimum Gasteiger partial charge on any atom is -0.507 e. The Kier molecular flexibility index (Phi) is 8.04. The third-order valence-electron chi connectivity index (χ3n) is 4.71. The molecule has 1 unspecified atom stereocenters. The molecule has 0 saturated carbocycles. The van der Waals surface area contributed by atoms with E-state index in [9.17, 15) is 15.3 Å². The second-order valence-electron chi connectivity index (χ2n) is 6.70. The Morgan fingerprint density at radius 3 is 2.44 bits per heavy atom. The molecular formula is C21H27IO5. The van der Waals surface area contributed by atoms with Gasteiger partial charge in [0.1, 0.15) is 5.75 Å². The van der Waals surface area contributed by atoms with Gasteiger partial charge in [0, 0.05) is 16.7 Å². The molecule has 0 heterocycles. The van der Waals surface area contributed by atoms with Gasteiger partial charge in [-0.3, -0.25) is 0 Å². The second-order valence-corrected chi connectivity index (χ2v) is 7.14. The predicted molar refractivity (Wildman–Crippen MR) is 115 cm³/mol. The van der Waals surface area contributed by atoms with E-state index in [0.717, 1.165) is 36.8 Å². The highest BCUT2D eigenvalue weighted by atomic mass is 127.